The lowest BCUT2D eigenvalue weighted by molar-refractivity contribution is -0.384. The fraction of sp³-hybridized carbons (Fsp3) is 0.417. The number of nitro groups is 1. The molecule has 1 aliphatic heterocycles. The first kappa shape index (κ1) is 17.2. The zero-order valence-electron chi connectivity index (χ0n) is 10.7. The van der Waals surface area contributed by atoms with Crippen LogP contribution in [-0.2, 0) is 6.42 Å². The van der Waals surface area contributed by atoms with E-state index in [0.717, 1.165) is 31.6 Å². The fourth-order valence-corrected chi connectivity index (χ4v) is 2.72. The van der Waals surface area contributed by atoms with Crippen LogP contribution in [0.2, 0.25) is 0 Å². The summed E-state index contributed by atoms with van der Waals surface area (Å²) in [5, 5.41) is 13.9. The van der Waals surface area contributed by atoms with Crippen LogP contribution in [-0.4, -0.2) is 39.8 Å². The van der Waals surface area contributed by atoms with Crippen LogP contribution < -0.4 is 5.32 Å². The Hall–Kier alpha value is -0.890. The molecule has 2 rings (SSSR count). The highest BCUT2D eigenvalue weighted by molar-refractivity contribution is 8.10. The number of piperazine rings is 1. The molecule has 110 valence electrons. The van der Waals surface area contributed by atoms with Gasteiger partial charge in [-0.15, -0.1) is 25.0 Å². The molecule has 0 spiro atoms. The van der Waals surface area contributed by atoms with E-state index in [2.05, 4.69) is 22.8 Å². The molecule has 1 aliphatic rings. The smallest absolute Gasteiger partial charge is 0.269 e. The second-order valence-corrected chi connectivity index (χ2v) is 5.57. The molecule has 1 N–H and O–H groups in total. The summed E-state index contributed by atoms with van der Waals surface area (Å²) < 4.78 is 0.605. The number of nitrogens with zero attached hydrogens (tertiary/aromatic N) is 2. The molecule has 0 aliphatic carbocycles. The minimum absolute atomic E-state index is 0. The molecule has 1 heterocycles. The van der Waals surface area contributed by atoms with Gasteiger partial charge in [-0.1, -0.05) is 24.4 Å². The van der Waals surface area contributed by atoms with Crippen LogP contribution in [0.4, 0.5) is 5.69 Å². The highest BCUT2D eigenvalue weighted by Crippen LogP contribution is 2.16. The Morgan fingerprint density at radius 3 is 2.70 bits per heavy atom. The molecule has 1 atom stereocenters. The number of benzene rings is 1. The van der Waals surface area contributed by atoms with Crippen molar-refractivity contribution in [2.75, 3.05) is 19.6 Å². The zero-order chi connectivity index (χ0) is 13.8. The van der Waals surface area contributed by atoms with Gasteiger partial charge in [-0.2, -0.15) is 0 Å². The van der Waals surface area contributed by atoms with Crippen molar-refractivity contribution >= 4 is 47.3 Å². The van der Waals surface area contributed by atoms with Gasteiger partial charge >= 0.3 is 0 Å². The first-order chi connectivity index (χ1) is 9.08. The molecule has 1 aromatic rings. The van der Waals surface area contributed by atoms with Crippen molar-refractivity contribution in [3.8, 4) is 0 Å². The van der Waals surface area contributed by atoms with Crippen LogP contribution >= 0.6 is 37.3 Å². The Kier molecular flexibility index (Phi) is 6.67. The van der Waals surface area contributed by atoms with Crippen LogP contribution in [0.25, 0.3) is 0 Å². The number of hydrogen-bond acceptors (Lipinski definition) is 4. The molecule has 1 fully saturated rings. The molecule has 0 amide bonds. The Bertz CT molecular complexity index is 484. The molecule has 1 saturated heterocycles. The summed E-state index contributed by atoms with van der Waals surface area (Å²) in [7, 11) is 0. The summed E-state index contributed by atoms with van der Waals surface area (Å²) in [6, 6.07) is 6.92. The van der Waals surface area contributed by atoms with E-state index in [4.69, 9.17) is 12.2 Å². The normalized spacial score (nSPS) is 18.2. The first-order valence-corrected chi connectivity index (χ1v) is 6.87. The average molecular weight is 334 g/mol. The van der Waals surface area contributed by atoms with Crippen LogP contribution in [0.3, 0.4) is 0 Å². The molecule has 0 radical (unpaired) electrons. The number of rotatable bonds is 3. The Morgan fingerprint density at radius 2 is 2.15 bits per heavy atom. The third kappa shape index (κ3) is 4.31. The van der Waals surface area contributed by atoms with Gasteiger partial charge in [0.05, 0.1) is 4.92 Å². The SMILES string of the molecule is Cl.O=[N+]([O-])c1ccc(CC2CNCCN2C(=S)S)cc1. The summed E-state index contributed by atoms with van der Waals surface area (Å²) in [5.41, 5.74) is 1.18. The zero-order valence-corrected chi connectivity index (χ0v) is 13.2. The molecular formula is C12H16ClN3O2S2. The van der Waals surface area contributed by atoms with E-state index in [-0.39, 0.29) is 29.1 Å². The van der Waals surface area contributed by atoms with Crippen molar-refractivity contribution in [3.05, 3.63) is 39.9 Å². The van der Waals surface area contributed by atoms with Gasteiger partial charge in [-0.25, -0.2) is 0 Å². The molecule has 0 bridgehead atoms. The number of hydrogen-bond donors (Lipinski definition) is 2. The minimum atomic E-state index is -0.388. The number of halogens is 1. The van der Waals surface area contributed by atoms with Gasteiger partial charge in [0.1, 0.15) is 4.32 Å². The molecule has 5 nitrogen and oxygen atoms in total. The van der Waals surface area contributed by atoms with Crippen molar-refractivity contribution in [1.29, 1.82) is 0 Å². The van der Waals surface area contributed by atoms with Crippen molar-refractivity contribution < 1.29 is 4.92 Å². The third-order valence-corrected chi connectivity index (χ3v) is 3.71. The van der Waals surface area contributed by atoms with Gasteiger partial charge in [-0.05, 0) is 12.0 Å². The van der Waals surface area contributed by atoms with Crippen LogP contribution in [0.1, 0.15) is 5.56 Å². The maximum Gasteiger partial charge on any atom is 0.269 e. The average Bonchev–Trinajstić information content (AvgIpc) is 2.39. The van der Waals surface area contributed by atoms with Crippen LogP contribution in [0, 0.1) is 10.1 Å². The maximum absolute atomic E-state index is 10.6. The molecule has 0 saturated carbocycles. The minimum Gasteiger partial charge on any atom is -0.352 e. The standard InChI is InChI=1S/C12H15N3O2S2.ClH/c16-15(17)10-3-1-9(2-4-10)7-11-8-13-5-6-14(11)12(18)19;/h1-4,11,13H,5-8H2,(H,18,19);1H. The van der Waals surface area contributed by atoms with Gasteiger partial charge in [0.25, 0.3) is 5.69 Å². The second-order valence-electron chi connectivity index (χ2n) is 4.46. The lowest BCUT2D eigenvalue weighted by Gasteiger charge is -2.36. The molecule has 0 aromatic heterocycles. The monoisotopic (exact) mass is 333 g/mol. The fourth-order valence-electron chi connectivity index (χ4n) is 2.22. The molecule has 1 unspecified atom stereocenters. The Morgan fingerprint density at radius 1 is 1.50 bits per heavy atom. The summed E-state index contributed by atoms with van der Waals surface area (Å²) in [6.45, 7) is 2.59. The number of non-ortho nitro benzene ring substituents is 1. The van der Waals surface area contributed by atoms with Crippen molar-refractivity contribution in [3.63, 3.8) is 0 Å². The lowest BCUT2D eigenvalue weighted by Crippen LogP contribution is -2.53. The number of thiol groups is 1. The topological polar surface area (TPSA) is 58.4 Å². The van der Waals surface area contributed by atoms with Gasteiger partial charge in [0.2, 0.25) is 0 Å². The molecule has 8 heteroatoms. The summed E-state index contributed by atoms with van der Waals surface area (Å²) in [4.78, 5) is 12.3. The van der Waals surface area contributed by atoms with Gasteiger partial charge in [-0.3, -0.25) is 10.1 Å². The van der Waals surface area contributed by atoms with Gasteiger partial charge in [0.15, 0.2) is 0 Å². The predicted octanol–water partition coefficient (Wildman–Crippen LogP) is 2.05. The van der Waals surface area contributed by atoms with E-state index in [0.29, 0.717) is 4.32 Å². The summed E-state index contributed by atoms with van der Waals surface area (Å²) in [6.07, 6.45) is 0.797. The maximum atomic E-state index is 10.6. The second kappa shape index (κ2) is 7.78. The Balaban J connectivity index is 0.00000200. The number of thiocarbonyl (C=S) groups is 1. The Labute approximate surface area is 134 Å². The van der Waals surface area contributed by atoms with Crippen LogP contribution in [0.15, 0.2) is 24.3 Å². The van der Waals surface area contributed by atoms with Crippen LogP contribution in [0.5, 0.6) is 0 Å². The van der Waals surface area contributed by atoms with Crippen molar-refractivity contribution in [1.82, 2.24) is 10.2 Å². The highest BCUT2D eigenvalue weighted by Gasteiger charge is 2.23. The van der Waals surface area contributed by atoms with Crippen molar-refractivity contribution in [2.45, 2.75) is 12.5 Å². The van der Waals surface area contributed by atoms with E-state index < -0.39 is 0 Å². The highest BCUT2D eigenvalue weighted by atomic mass is 35.5. The van der Waals surface area contributed by atoms with E-state index in [1.54, 1.807) is 12.1 Å². The first-order valence-electron chi connectivity index (χ1n) is 6.01. The summed E-state index contributed by atoms with van der Waals surface area (Å²) >= 11 is 9.39. The third-order valence-electron chi connectivity index (χ3n) is 3.21. The molecular weight excluding hydrogens is 318 g/mol. The number of nitrogens with one attached hydrogen (secondary N) is 1. The number of nitro benzene ring substituents is 1. The molecule has 20 heavy (non-hydrogen) atoms. The predicted molar refractivity (Wildman–Crippen MR) is 89.0 cm³/mol. The van der Waals surface area contributed by atoms with E-state index in [1.165, 1.54) is 12.1 Å². The largest absolute Gasteiger partial charge is 0.352 e. The molecule has 1 aromatic carbocycles. The van der Waals surface area contributed by atoms with E-state index in [1.807, 2.05) is 0 Å². The van der Waals surface area contributed by atoms with Gasteiger partial charge in [0, 0.05) is 37.8 Å². The summed E-state index contributed by atoms with van der Waals surface area (Å²) in [5.74, 6) is 0. The van der Waals surface area contributed by atoms with E-state index in [9.17, 15) is 10.1 Å². The van der Waals surface area contributed by atoms with Gasteiger partial charge < -0.3 is 10.2 Å². The van der Waals surface area contributed by atoms with E-state index >= 15 is 0 Å². The lowest BCUT2D eigenvalue weighted by atomic mass is 10.0. The quantitative estimate of drug-likeness (QED) is 0.384. The van der Waals surface area contributed by atoms with Crippen molar-refractivity contribution in [2.24, 2.45) is 0 Å².